The Morgan fingerprint density at radius 3 is 2.27 bits per heavy atom. The number of amides is 1. The molecule has 0 bridgehead atoms. The zero-order valence-corrected chi connectivity index (χ0v) is 19.9. The second-order valence-electron chi connectivity index (χ2n) is 7.95. The lowest BCUT2D eigenvalue weighted by atomic mass is 10.0. The molecule has 7 nitrogen and oxygen atoms in total. The van der Waals surface area contributed by atoms with Gasteiger partial charge in [-0.25, -0.2) is 13.4 Å². The second-order valence-corrected chi connectivity index (χ2v) is 9.63. The predicted molar refractivity (Wildman–Crippen MR) is 129 cm³/mol. The van der Waals surface area contributed by atoms with Crippen LogP contribution in [0.2, 0.25) is 0 Å². The highest BCUT2D eigenvalue weighted by atomic mass is 32.2. The lowest BCUT2D eigenvalue weighted by Gasteiger charge is -2.11. The summed E-state index contributed by atoms with van der Waals surface area (Å²) >= 11 is 0. The zero-order valence-electron chi connectivity index (χ0n) is 19.0. The van der Waals surface area contributed by atoms with Gasteiger partial charge in [-0.05, 0) is 60.4 Å². The molecule has 2 aromatic carbocycles. The molecule has 0 saturated heterocycles. The van der Waals surface area contributed by atoms with E-state index in [4.69, 9.17) is 4.74 Å². The van der Waals surface area contributed by atoms with Crippen molar-refractivity contribution in [3.05, 3.63) is 78.0 Å². The van der Waals surface area contributed by atoms with E-state index in [9.17, 15) is 13.2 Å². The minimum Gasteiger partial charge on any atom is -0.439 e. The number of carbonyl (C=O) groups is 1. The molecule has 0 spiro atoms. The number of anilines is 1. The molecule has 0 unspecified atom stereocenters. The van der Waals surface area contributed by atoms with E-state index >= 15 is 0 Å². The lowest BCUT2D eigenvalue weighted by Crippen LogP contribution is -2.24. The van der Waals surface area contributed by atoms with E-state index < -0.39 is 10.0 Å². The van der Waals surface area contributed by atoms with Crippen LogP contribution in [-0.2, 0) is 10.0 Å². The Balaban J connectivity index is 1.60. The van der Waals surface area contributed by atoms with Crippen molar-refractivity contribution in [3.63, 3.8) is 0 Å². The van der Waals surface area contributed by atoms with Crippen molar-refractivity contribution in [3.8, 4) is 11.6 Å². The Hall–Kier alpha value is -3.39. The predicted octanol–water partition coefficient (Wildman–Crippen LogP) is 5.33. The number of ether oxygens (including phenoxy) is 1. The van der Waals surface area contributed by atoms with Gasteiger partial charge in [0.2, 0.25) is 5.88 Å². The summed E-state index contributed by atoms with van der Waals surface area (Å²) in [6.45, 7) is 6.81. The lowest BCUT2D eigenvalue weighted by molar-refractivity contribution is 0.0952. The maximum atomic E-state index is 12.6. The Kier molecular flexibility index (Phi) is 8.06. The van der Waals surface area contributed by atoms with Crippen LogP contribution in [0.5, 0.6) is 11.6 Å². The number of sulfonamides is 1. The summed E-state index contributed by atoms with van der Waals surface area (Å²) in [4.78, 5) is 16.4. The third-order valence-corrected chi connectivity index (χ3v) is 6.40. The number of unbranched alkanes of at least 4 members (excludes halogenated alkanes) is 1. The SMILES string of the molecule is CCCCNC(=O)c1ccc(Oc2ccc(NS(=O)(=O)c3ccc(C(C)C)cc3)cc2)nc1. The fourth-order valence-electron chi connectivity index (χ4n) is 3.01. The standard InChI is InChI=1S/C25H29N3O4S/c1-4-5-16-26-25(29)20-8-15-24(27-17-20)32-22-11-9-21(10-12-22)28-33(30,31)23-13-6-19(7-14-23)18(2)3/h6-15,17-18,28H,4-5,16H2,1-3H3,(H,26,29). The molecule has 0 radical (unpaired) electrons. The fraction of sp³-hybridized carbons (Fsp3) is 0.280. The molecule has 1 heterocycles. The van der Waals surface area contributed by atoms with Crippen LogP contribution in [0, 0.1) is 0 Å². The normalized spacial score (nSPS) is 11.3. The van der Waals surface area contributed by atoms with Gasteiger partial charge in [0.1, 0.15) is 5.75 Å². The highest BCUT2D eigenvalue weighted by Crippen LogP contribution is 2.24. The van der Waals surface area contributed by atoms with Crippen molar-refractivity contribution in [1.29, 1.82) is 0 Å². The molecule has 2 N–H and O–H groups in total. The van der Waals surface area contributed by atoms with Gasteiger partial charge in [0, 0.05) is 24.5 Å². The Morgan fingerprint density at radius 1 is 1.00 bits per heavy atom. The van der Waals surface area contributed by atoms with E-state index in [1.54, 1.807) is 48.5 Å². The first-order valence-corrected chi connectivity index (χ1v) is 12.4. The van der Waals surface area contributed by atoms with Gasteiger partial charge in [-0.2, -0.15) is 0 Å². The summed E-state index contributed by atoms with van der Waals surface area (Å²) in [5, 5.41) is 2.84. The molecule has 0 saturated carbocycles. The van der Waals surface area contributed by atoms with Crippen LogP contribution < -0.4 is 14.8 Å². The number of aromatic nitrogens is 1. The molecule has 3 aromatic rings. The Labute approximate surface area is 195 Å². The third-order valence-electron chi connectivity index (χ3n) is 5.00. The van der Waals surface area contributed by atoms with E-state index in [1.165, 1.54) is 6.20 Å². The smallest absolute Gasteiger partial charge is 0.261 e. The van der Waals surface area contributed by atoms with Gasteiger partial charge < -0.3 is 10.1 Å². The number of nitrogens with zero attached hydrogens (tertiary/aromatic N) is 1. The molecule has 33 heavy (non-hydrogen) atoms. The van der Waals surface area contributed by atoms with Crippen LogP contribution in [0.1, 0.15) is 55.5 Å². The van der Waals surface area contributed by atoms with E-state index in [1.807, 2.05) is 12.1 Å². The molecule has 0 aliphatic carbocycles. The highest BCUT2D eigenvalue weighted by Gasteiger charge is 2.15. The Morgan fingerprint density at radius 2 is 1.70 bits per heavy atom. The van der Waals surface area contributed by atoms with Crippen molar-refractivity contribution < 1.29 is 17.9 Å². The molecule has 8 heteroatoms. The van der Waals surface area contributed by atoms with Crippen molar-refractivity contribution >= 4 is 21.6 Å². The van der Waals surface area contributed by atoms with Crippen LogP contribution in [0.4, 0.5) is 5.69 Å². The van der Waals surface area contributed by atoms with Crippen LogP contribution in [0.3, 0.4) is 0 Å². The molecular formula is C25H29N3O4S. The summed E-state index contributed by atoms with van der Waals surface area (Å²) in [6, 6.07) is 16.6. The molecule has 174 valence electrons. The van der Waals surface area contributed by atoms with Gasteiger partial charge in [-0.3, -0.25) is 9.52 Å². The topological polar surface area (TPSA) is 97.4 Å². The summed E-state index contributed by atoms with van der Waals surface area (Å²) in [5.41, 5.74) is 1.96. The molecule has 3 rings (SSSR count). The van der Waals surface area contributed by atoms with E-state index in [2.05, 4.69) is 35.8 Å². The monoisotopic (exact) mass is 467 g/mol. The van der Waals surface area contributed by atoms with Crippen molar-refractivity contribution in [1.82, 2.24) is 10.3 Å². The van der Waals surface area contributed by atoms with Gasteiger partial charge in [0.25, 0.3) is 15.9 Å². The van der Waals surface area contributed by atoms with Gasteiger partial charge in [-0.15, -0.1) is 0 Å². The number of hydrogen-bond acceptors (Lipinski definition) is 5. The molecule has 1 amide bonds. The number of rotatable bonds is 10. The number of pyridine rings is 1. The zero-order chi connectivity index (χ0) is 23.8. The van der Waals surface area contributed by atoms with Crippen LogP contribution in [0.15, 0.2) is 71.8 Å². The largest absolute Gasteiger partial charge is 0.439 e. The van der Waals surface area contributed by atoms with E-state index in [0.29, 0.717) is 35.3 Å². The van der Waals surface area contributed by atoms with Crippen molar-refractivity contribution in [2.75, 3.05) is 11.3 Å². The van der Waals surface area contributed by atoms with Crippen LogP contribution in [0.25, 0.3) is 0 Å². The first-order chi connectivity index (χ1) is 15.8. The van der Waals surface area contributed by atoms with E-state index in [-0.39, 0.29) is 10.8 Å². The second kappa shape index (κ2) is 11.0. The minimum atomic E-state index is -3.69. The maximum Gasteiger partial charge on any atom is 0.261 e. The summed E-state index contributed by atoms with van der Waals surface area (Å²) in [7, 11) is -3.69. The van der Waals surface area contributed by atoms with Gasteiger partial charge in [0.05, 0.1) is 10.5 Å². The molecular weight excluding hydrogens is 438 g/mol. The average Bonchev–Trinajstić information content (AvgIpc) is 2.81. The number of carbonyl (C=O) groups excluding carboxylic acids is 1. The van der Waals surface area contributed by atoms with Gasteiger partial charge >= 0.3 is 0 Å². The third kappa shape index (κ3) is 6.79. The van der Waals surface area contributed by atoms with E-state index in [0.717, 1.165) is 18.4 Å². The highest BCUT2D eigenvalue weighted by molar-refractivity contribution is 7.92. The summed E-state index contributed by atoms with van der Waals surface area (Å²) in [6.07, 6.45) is 3.40. The number of hydrogen-bond donors (Lipinski definition) is 2. The number of nitrogens with one attached hydrogen (secondary N) is 2. The quantitative estimate of drug-likeness (QED) is 0.393. The summed E-state index contributed by atoms with van der Waals surface area (Å²) < 4.78 is 33.6. The maximum absolute atomic E-state index is 12.6. The molecule has 0 atom stereocenters. The fourth-order valence-corrected chi connectivity index (χ4v) is 4.07. The van der Waals surface area contributed by atoms with Crippen LogP contribution >= 0.6 is 0 Å². The molecule has 0 fully saturated rings. The Bertz CT molecular complexity index is 1160. The first-order valence-electron chi connectivity index (χ1n) is 10.9. The minimum absolute atomic E-state index is 0.169. The van der Waals surface area contributed by atoms with Crippen molar-refractivity contribution in [2.24, 2.45) is 0 Å². The summed E-state index contributed by atoms with van der Waals surface area (Å²) in [5.74, 6) is 0.986. The van der Waals surface area contributed by atoms with Crippen molar-refractivity contribution in [2.45, 2.75) is 44.4 Å². The average molecular weight is 468 g/mol. The van der Waals surface area contributed by atoms with Gasteiger partial charge in [-0.1, -0.05) is 39.3 Å². The first kappa shape index (κ1) is 24.3. The molecule has 0 aliphatic rings. The van der Waals surface area contributed by atoms with Crippen LogP contribution in [-0.4, -0.2) is 25.9 Å². The molecule has 0 aliphatic heterocycles. The number of benzene rings is 2. The molecule has 1 aromatic heterocycles. The van der Waals surface area contributed by atoms with Gasteiger partial charge in [0.15, 0.2) is 0 Å².